The van der Waals surface area contributed by atoms with E-state index in [9.17, 15) is 9.59 Å². The van der Waals surface area contributed by atoms with E-state index in [0.29, 0.717) is 98.7 Å². The van der Waals surface area contributed by atoms with Gasteiger partial charge in [-0.1, -0.05) is 51.2 Å². The molecule has 0 amide bonds. The molecular weight excluding hydrogens is 584 g/mol. The normalized spacial score (nSPS) is 11.1. The molecule has 1 aromatic carbocycles. The Morgan fingerprint density at radius 3 is 1.49 bits per heavy atom. The first-order valence-corrected chi connectivity index (χ1v) is 16.7. The summed E-state index contributed by atoms with van der Waals surface area (Å²) in [5.41, 5.74) is 1.37. The smallest absolute Gasteiger partial charge is 0.305 e. The molecule has 260 valence electrons. The number of ether oxygens (including phenoxy) is 8. The largest absolute Gasteiger partial charge is 0.491 e. The van der Waals surface area contributed by atoms with Crippen LogP contribution in [0.5, 0.6) is 5.75 Å². The molecule has 0 aliphatic rings. The third-order valence-corrected chi connectivity index (χ3v) is 6.61. The van der Waals surface area contributed by atoms with Crippen molar-refractivity contribution >= 4 is 11.9 Å². The van der Waals surface area contributed by atoms with E-state index in [-0.39, 0.29) is 25.4 Å². The van der Waals surface area contributed by atoms with Crippen LogP contribution in [0.1, 0.15) is 76.7 Å². The van der Waals surface area contributed by atoms with Gasteiger partial charge >= 0.3 is 11.9 Å². The molecule has 0 saturated heterocycles. The number of hydrogen-bond donors (Lipinski definition) is 1. The summed E-state index contributed by atoms with van der Waals surface area (Å²) >= 11 is 0. The highest BCUT2D eigenvalue weighted by molar-refractivity contribution is 5.69. The van der Waals surface area contributed by atoms with Crippen LogP contribution in [-0.4, -0.2) is 110 Å². The van der Waals surface area contributed by atoms with E-state index in [1.165, 1.54) is 44.1 Å². The Morgan fingerprint density at radius 2 is 0.978 bits per heavy atom. The van der Waals surface area contributed by atoms with Crippen molar-refractivity contribution in [1.29, 1.82) is 0 Å². The first-order valence-electron chi connectivity index (χ1n) is 16.7. The van der Waals surface area contributed by atoms with Gasteiger partial charge in [0.2, 0.25) is 0 Å². The molecule has 1 rings (SSSR count). The summed E-state index contributed by atoms with van der Waals surface area (Å²) in [5, 5.41) is 8.55. The Bertz CT molecular complexity index is 804. The zero-order valence-electron chi connectivity index (χ0n) is 27.5. The average molecular weight is 643 g/mol. The van der Waals surface area contributed by atoms with E-state index in [4.69, 9.17) is 43.0 Å². The van der Waals surface area contributed by atoms with E-state index in [2.05, 4.69) is 19.1 Å². The van der Waals surface area contributed by atoms with Gasteiger partial charge in [0.25, 0.3) is 0 Å². The van der Waals surface area contributed by atoms with E-state index >= 15 is 0 Å². The number of hydrogen-bond acceptors (Lipinski definition) is 10. The van der Waals surface area contributed by atoms with Crippen LogP contribution < -0.4 is 4.74 Å². The van der Waals surface area contributed by atoms with Crippen molar-refractivity contribution in [3.8, 4) is 5.75 Å². The number of rotatable bonds is 34. The fraction of sp³-hybridized carbons (Fsp3) is 0.765. The highest BCUT2D eigenvalue weighted by atomic mass is 16.6. The molecule has 0 radical (unpaired) electrons. The van der Waals surface area contributed by atoms with Crippen LogP contribution in [0, 0.1) is 0 Å². The number of aryl methyl sites for hydroxylation is 1. The van der Waals surface area contributed by atoms with Gasteiger partial charge in [-0.05, 0) is 43.4 Å². The number of carbonyl (C=O) groups excluding carboxylic acids is 1. The molecule has 0 aromatic heterocycles. The van der Waals surface area contributed by atoms with Gasteiger partial charge in [-0.2, -0.15) is 0 Å². The van der Waals surface area contributed by atoms with Crippen molar-refractivity contribution in [3.63, 3.8) is 0 Å². The second-order valence-electron chi connectivity index (χ2n) is 10.5. The van der Waals surface area contributed by atoms with Crippen LogP contribution in [0.2, 0.25) is 0 Å². The molecule has 1 N–H and O–H groups in total. The molecule has 0 aliphatic heterocycles. The third-order valence-electron chi connectivity index (χ3n) is 6.61. The summed E-state index contributed by atoms with van der Waals surface area (Å²) in [6.45, 7) is 8.45. The number of benzene rings is 1. The Labute approximate surface area is 270 Å². The molecule has 0 unspecified atom stereocenters. The first kappa shape index (κ1) is 40.7. The standard InChI is InChI=1S/C34H58O11/c1-2-3-4-5-6-7-10-31-13-15-32(16-14-31)44-29-27-42-25-23-40-21-19-38-17-18-39-20-22-41-24-26-43-28-30-45-34(37)12-9-8-11-33(35)36/h13-16H,2-12,17-30H2,1H3,(H,35,36). The van der Waals surface area contributed by atoms with Crippen LogP contribution in [0.4, 0.5) is 0 Å². The third kappa shape index (κ3) is 28.9. The Balaban J connectivity index is 1.74. The van der Waals surface area contributed by atoms with Gasteiger partial charge in [0, 0.05) is 12.8 Å². The number of carboxylic acids is 1. The highest BCUT2D eigenvalue weighted by Gasteiger charge is 2.04. The topological polar surface area (TPSA) is 128 Å². The van der Waals surface area contributed by atoms with Crippen LogP contribution in [0.25, 0.3) is 0 Å². The summed E-state index contributed by atoms with van der Waals surface area (Å²) < 4.78 is 43.5. The second kappa shape index (κ2) is 31.7. The predicted octanol–water partition coefficient (Wildman–Crippen LogP) is 5.26. The van der Waals surface area contributed by atoms with Gasteiger partial charge < -0.3 is 43.0 Å². The van der Waals surface area contributed by atoms with E-state index in [1.54, 1.807) is 0 Å². The SMILES string of the molecule is CCCCCCCCc1ccc(OCCOCCOCCOCCOCCOCCOCCOC(=O)CCCCC(=O)O)cc1. The quantitative estimate of drug-likeness (QED) is 0.0781. The number of carboxylic acid groups (broad SMARTS) is 1. The van der Waals surface area contributed by atoms with Crippen molar-refractivity contribution in [1.82, 2.24) is 0 Å². The number of aliphatic carboxylic acids is 1. The lowest BCUT2D eigenvalue weighted by Crippen LogP contribution is -2.15. The highest BCUT2D eigenvalue weighted by Crippen LogP contribution is 2.15. The summed E-state index contributed by atoms with van der Waals surface area (Å²) in [5.74, 6) is -0.325. The van der Waals surface area contributed by atoms with E-state index < -0.39 is 5.97 Å². The van der Waals surface area contributed by atoms with Crippen molar-refractivity contribution in [2.24, 2.45) is 0 Å². The molecule has 0 bridgehead atoms. The minimum Gasteiger partial charge on any atom is -0.491 e. The lowest BCUT2D eigenvalue weighted by molar-refractivity contribution is -0.146. The number of unbranched alkanes of at least 4 members (excludes halogenated alkanes) is 6. The minimum atomic E-state index is -0.858. The summed E-state index contributed by atoms with van der Waals surface area (Å²) in [7, 11) is 0. The zero-order valence-corrected chi connectivity index (χ0v) is 27.5. The molecule has 0 atom stereocenters. The molecule has 45 heavy (non-hydrogen) atoms. The zero-order chi connectivity index (χ0) is 32.5. The molecule has 0 fully saturated rings. The van der Waals surface area contributed by atoms with Crippen LogP contribution in [-0.2, 0) is 49.2 Å². The lowest BCUT2D eigenvalue weighted by atomic mass is 10.0. The van der Waals surface area contributed by atoms with Crippen molar-refractivity contribution in [3.05, 3.63) is 29.8 Å². The molecular formula is C34H58O11. The van der Waals surface area contributed by atoms with Gasteiger partial charge in [-0.25, -0.2) is 0 Å². The van der Waals surface area contributed by atoms with Crippen LogP contribution in [0.15, 0.2) is 24.3 Å². The van der Waals surface area contributed by atoms with Gasteiger partial charge in [0.05, 0.1) is 79.3 Å². The molecule has 11 heteroatoms. The van der Waals surface area contributed by atoms with Crippen molar-refractivity contribution in [2.75, 3.05) is 92.5 Å². The maximum atomic E-state index is 11.5. The Hall–Kier alpha value is -2.28. The van der Waals surface area contributed by atoms with Gasteiger partial charge in [-0.15, -0.1) is 0 Å². The molecule has 11 nitrogen and oxygen atoms in total. The van der Waals surface area contributed by atoms with E-state index in [0.717, 1.165) is 12.2 Å². The molecule has 0 aliphatic carbocycles. The number of carbonyl (C=O) groups is 2. The summed E-state index contributed by atoms with van der Waals surface area (Å²) in [6, 6.07) is 8.39. The minimum absolute atomic E-state index is 0.0648. The maximum absolute atomic E-state index is 11.5. The summed E-state index contributed by atoms with van der Waals surface area (Å²) in [4.78, 5) is 21.9. The van der Waals surface area contributed by atoms with Crippen molar-refractivity contribution < 1.29 is 52.6 Å². The number of esters is 1. The molecule has 0 saturated carbocycles. The van der Waals surface area contributed by atoms with E-state index in [1.807, 2.05) is 12.1 Å². The van der Waals surface area contributed by atoms with Gasteiger partial charge in [0.1, 0.15) is 19.0 Å². The Kier molecular flexibility index (Phi) is 28.7. The fourth-order valence-electron chi connectivity index (χ4n) is 4.11. The van der Waals surface area contributed by atoms with Crippen molar-refractivity contribution in [2.45, 2.75) is 77.6 Å². The first-order chi connectivity index (χ1) is 22.1. The average Bonchev–Trinajstić information content (AvgIpc) is 3.04. The van der Waals surface area contributed by atoms with Gasteiger partial charge in [0.15, 0.2) is 0 Å². The monoisotopic (exact) mass is 642 g/mol. The lowest BCUT2D eigenvalue weighted by Gasteiger charge is -2.09. The Morgan fingerprint density at radius 1 is 0.533 bits per heavy atom. The van der Waals surface area contributed by atoms with Crippen LogP contribution in [0.3, 0.4) is 0 Å². The van der Waals surface area contributed by atoms with Crippen LogP contribution >= 0.6 is 0 Å². The molecule has 0 heterocycles. The second-order valence-corrected chi connectivity index (χ2v) is 10.5. The van der Waals surface area contributed by atoms with Gasteiger partial charge in [-0.3, -0.25) is 9.59 Å². The molecule has 0 spiro atoms. The molecule has 1 aromatic rings. The fourth-order valence-corrected chi connectivity index (χ4v) is 4.11. The summed E-state index contributed by atoms with van der Waals surface area (Å²) in [6.07, 6.45) is 10.3. The predicted molar refractivity (Wildman–Crippen MR) is 171 cm³/mol. The maximum Gasteiger partial charge on any atom is 0.305 e.